The molecule has 0 saturated carbocycles. The van der Waals surface area contributed by atoms with Crippen molar-refractivity contribution in [3.8, 4) is 0 Å². The maximum absolute atomic E-state index is 12.0. The number of hydrogen-bond acceptors (Lipinski definition) is 3. The lowest BCUT2D eigenvalue weighted by molar-refractivity contribution is -0.124. The van der Waals surface area contributed by atoms with Crippen molar-refractivity contribution in [2.24, 2.45) is 0 Å². The van der Waals surface area contributed by atoms with Crippen molar-refractivity contribution in [2.45, 2.75) is 13.0 Å². The van der Waals surface area contributed by atoms with Crippen LogP contribution in [0.4, 0.5) is 0 Å². The maximum Gasteiger partial charge on any atom is 0.244 e. The summed E-state index contributed by atoms with van der Waals surface area (Å²) in [6.07, 6.45) is 3.11. The lowest BCUT2D eigenvalue weighted by atomic mass is 10.2. The van der Waals surface area contributed by atoms with Crippen molar-refractivity contribution in [1.29, 1.82) is 0 Å². The molecule has 3 aromatic rings. The van der Waals surface area contributed by atoms with Gasteiger partial charge in [0.05, 0.1) is 12.6 Å². The summed E-state index contributed by atoms with van der Waals surface area (Å²) < 4.78 is 5.73. The number of hydrogen-bond donors (Lipinski definition) is 2. The smallest absolute Gasteiger partial charge is 0.244 e. The van der Waals surface area contributed by atoms with Gasteiger partial charge in [-0.05, 0) is 30.7 Å². The van der Waals surface area contributed by atoms with Gasteiger partial charge in [-0.15, -0.1) is 0 Å². The first-order chi connectivity index (χ1) is 12.6. The molecule has 132 valence electrons. The van der Waals surface area contributed by atoms with E-state index >= 15 is 0 Å². The Morgan fingerprint density at radius 3 is 2.58 bits per heavy atom. The summed E-state index contributed by atoms with van der Waals surface area (Å²) in [6.45, 7) is 1.75. The van der Waals surface area contributed by atoms with Crippen LogP contribution in [0, 0.1) is 0 Å². The third-order valence-electron chi connectivity index (χ3n) is 3.90. The number of amides is 2. The molecule has 0 bridgehead atoms. The second kappa shape index (κ2) is 8.16. The molecule has 0 unspecified atom stereocenters. The predicted molar refractivity (Wildman–Crippen MR) is 101 cm³/mol. The molecule has 0 aliphatic rings. The summed E-state index contributed by atoms with van der Waals surface area (Å²) in [5.41, 5.74) is 1.70. The average Bonchev–Trinajstić information content (AvgIpc) is 3.10. The van der Waals surface area contributed by atoms with Gasteiger partial charge in [0, 0.05) is 11.5 Å². The Labute approximate surface area is 151 Å². The highest BCUT2D eigenvalue weighted by atomic mass is 16.3. The van der Waals surface area contributed by atoms with Gasteiger partial charge in [0.15, 0.2) is 0 Å². The van der Waals surface area contributed by atoms with Crippen LogP contribution in [0.5, 0.6) is 0 Å². The first-order valence-electron chi connectivity index (χ1n) is 8.40. The molecular weight excluding hydrogens is 328 g/mol. The Morgan fingerprint density at radius 2 is 1.81 bits per heavy atom. The van der Waals surface area contributed by atoms with E-state index in [9.17, 15) is 9.59 Å². The quantitative estimate of drug-likeness (QED) is 0.670. The normalized spacial score (nSPS) is 12.2. The second-order valence-corrected chi connectivity index (χ2v) is 5.94. The zero-order chi connectivity index (χ0) is 18.4. The summed E-state index contributed by atoms with van der Waals surface area (Å²) >= 11 is 0. The summed E-state index contributed by atoms with van der Waals surface area (Å²) in [5.74, 6) is 0.0784. The number of carbonyl (C=O) groups is 2. The molecule has 3 rings (SSSR count). The van der Waals surface area contributed by atoms with Crippen LogP contribution in [0.2, 0.25) is 0 Å². The zero-order valence-electron chi connectivity index (χ0n) is 14.4. The molecule has 1 heterocycles. The van der Waals surface area contributed by atoms with Crippen LogP contribution in [0.1, 0.15) is 24.3 Å². The lowest BCUT2D eigenvalue weighted by Gasteiger charge is -2.11. The molecule has 2 aromatic carbocycles. The fourth-order valence-corrected chi connectivity index (χ4v) is 2.54. The molecule has 2 amide bonds. The number of nitrogens with one attached hydrogen (secondary N) is 2. The largest absolute Gasteiger partial charge is 0.459 e. The molecule has 1 atom stereocenters. The van der Waals surface area contributed by atoms with Crippen LogP contribution in [0.3, 0.4) is 0 Å². The van der Waals surface area contributed by atoms with Crippen molar-refractivity contribution >= 4 is 28.9 Å². The van der Waals surface area contributed by atoms with Gasteiger partial charge in [-0.25, -0.2) is 0 Å². The van der Waals surface area contributed by atoms with E-state index < -0.39 is 0 Å². The summed E-state index contributed by atoms with van der Waals surface area (Å²) in [4.78, 5) is 23.8. The number of furan rings is 1. The Bertz CT molecular complexity index is 896. The molecule has 5 nitrogen and oxygen atoms in total. The minimum absolute atomic E-state index is 0.0947. The van der Waals surface area contributed by atoms with Gasteiger partial charge in [0.25, 0.3) is 0 Å². The van der Waals surface area contributed by atoms with Crippen LogP contribution < -0.4 is 10.6 Å². The van der Waals surface area contributed by atoms with E-state index in [0.29, 0.717) is 5.76 Å². The van der Waals surface area contributed by atoms with E-state index in [0.717, 1.165) is 16.5 Å². The van der Waals surface area contributed by atoms with Gasteiger partial charge < -0.3 is 15.1 Å². The molecular formula is C21H20N2O3. The predicted octanol–water partition coefficient (Wildman–Crippen LogP) is 3.44. The molecule has 0 aliphatic heterocycles. The van der Waals surface area contributed by atoms with Crippen molar-refractivity contribution in [1.82, 2.24) is 10.6 Å². The standard InChI is InChI=1S/C21H20N2O3/c1-15(19-13-17-9-5-6-10-18(17)26-19)23-21(25)14-22-20(24)12-11-16-7-3-2-4-8-16/h2-13,15H,14H2,1H3,(H,22,24)(H,23,25)/b12-11+/t15-/m1/s1. The minimum atomic E-state index is -0.319. The number of para-hydroxylation sites is 1. The number of benzene rings is 2. The molecule has 2 N–H and O–H groups in total. The number of carbonyl (C=O) groups excluding carboxylic acids is 2. The highest BCUT2D eigenvalue weighted by Crippen LogP contribution is 2.23. The van der Waals surface area contributed by atoms with Crippen LogP contribution in [-0.4, -0.2) is 18.4 Å². The molecule has 5 heteroatoms. The van der Waals surface area contributed by atoms with E-state index in [2.05, 4.69) is 10.6 Å². The van der Waals surface area contributed by atoms with Crippen LogP contribution >= 0.6 is 0 Å². The van der Waals surface area contributed by atoms with E-state index in [4.69, 9.17) is 4.42 Å². The molecule has 0 aliphatic carbocycles. The number of rotatable bonds is 6. The van der Waals surface area contributed by atoms with E-state index in [1.807, 2.05) is 67.6 Å². The maximum atomic E-state index is 12.0. The Balaban J connectivity index is 1.49. The van der Waals surface area contributed by atoms with Crippen molar-refractivity contribution < 1.29 is 14.0 Å². The van der Waals surface area contributed by atoms with Gasteiger partial charge in [0.2, 0.25) is 11.8 Å². The molecule has 0 saturated heterocycles. The molecule has 26 heavy (non-hydrogen) atoms. The fourth-order valence-electron chi connectivity index (χ4n) is 2.54. The first-order valence-corrected chi connectivity index (χ1v) is 8.40. The van der Waals surface area contributed by atoms with Crippen LogP contribution in [-0.2, 0) is 9.59 Å². The molecule has 0 spiro atoms. The monoisotopic (exact) mass is 348 g/mol. The Morgan fingerprint density at radius 1 is 1.08 bits per heavy atom. The van der Waals surface area contributed by atoms with Crippen LogP contribution in [0.15, 0.2) is 71.2 Å². The molecule has 0 fully saturated rings. The fraction of sp³-hybridized carbons (Fsp3) is 0.143. The van der Waals surface area contributed by atoms with Gasteiger partial charge in [-0.1, -0.05) is 48.5 Å². The minimum Gasteiger partial charge on any atom is -0.459 e. The van der Waals surface area contributed by atoms with Gasteiger partial charge in [-0.3, -0.25) is 9.59 Å². The zero-order valence-corrected chi connectivity index (χ0v) is 14.4. The topological polar surface area (TPSA) is 71.3 Å². The third-order valence-corrected chi connectivity index (χ3v) is 3.90. The van der Waals surface area contributed by atoms with Crippen molar-refractivity contribution in [3.05, 3.63) is 78.1 Å². The van der Waals surface area contributed by atoms with Crippen LogP contribution in [0.25, 0.3) is 17.0 Å². The summed E-state index contributed by atoms with van der Waals surface area (Å²) in [6, 6.07) is 18.8. The number of fused-ring (bicyclic) bond motifs is 1. The van der Waals surface area contributed by atoms with Crippen molar-refractivity contribution in [2.75, 3.05) is 6.54 Å². The second-order valence-electron chi connectivity index (χ2n) is 5.94. The first kappa shape index (κ1) is 17.5. The van der Waals surface area contributed by atoms with Gasteiger partial charge in [0.1, 0.15) is 11.3 Å². The highest BCUT2D eigenvalue weighted by molar-refractivity contribution is 5.94. The lowest BCUT2D eigenvalue weighted by Crippen LogP contribution is -2.37. The van der Waals surface area contributed by atoms with E-state index in [1.165, 1.54) is 6.08 Å². The van der Waals surface area contributed by atoms with Gasteiger partial charge in [-0.2, -0.15) is 0 Å². The molecule has 1 aromatic heterocycles. The van der Waals surface area contributed by atoms with E-state index in [1.54, 1.807) is 6.08 Å². The highest BCUT2D eigenvalue weighted by Gasteiger charge is 2.14. The molecule has 0 radical (unpaired) electrons. The van der Waals surface area contributed by atoms with Crippen molar-refractivity contribution in [3.63, 3.8) is 0 Å². The average molecular weight is 348 g/mol. The van der Waals surface area contributed by atoms with E-state index in [-0.39, 0.29) is 24.4 Å². The SMILES string of the molecule is C[C@@H](NC(=O)CNC(=O)/C=C/c1ccccc1)c1cc2ccccc2o1. The summed E-state index contributed by atoms with van der Waals surface area (Å²) in [7, 11) is 0. The summed E-state index contributed by atoms with van der Waals surface area (Å²) in [5, 5.41) is 6.37. The van der Waals surface area contributed by atoms with Gasteiger partial charge >= 0.3 is 0 Å². The third kappa shape index (κ3) is 4.60. The Hall–Kier alpha value is -3.34. The Kier molecular flexibility index (Phi) is 5.49.